The van der Waals surface area contributed by atoms with Crippen LogP contribution >= 0.6 is 11.8 Å². The van der Waals surface area contributed by atoms with E-state index in [9.17, 15) is 10.1 Å². The molecule has 0 spiro atoms. The minimum atomic E-state index is -0.416. The second-order valence-electron chi connectivity index (χ2n) is 2.26. The summed E-state index contributed by atoms with van der Waals surface area (Å²) in [6, 6.07) is 0. The normalized spacial score (nSPS) is 22.4. The molecule has 11 heavy (non-hydrogen) atoms. The van der Waals surface area contributed by atoms with Gasteiger partial charge in [0, 0.05) is 6.54 Å². The lowest BCUT2D eigenvalue weighted by Crippen LogP contribution is -2.11. The zero-order valence-electron chi connectivity index (χ0n) is 6.08. The Balaban J connectivity index is 2.48. The molecular weight excluding hydrogens is 164 g/mol. The van der Waals surface area contributed by atoms with Gasteiger partial charge in [0.15, 0.2) is 0 Å². The molecule has 0 aromatic carbocycles. The van der Waals surface area contributed by atoms with Gasteiger partial charge in [0.05, 0.1) is 4.92 Å². The molecule has 4 nitrogen and oxygen atoms in total. The van der Waals surface area contributed by atoms with Crippen LogP contribution in [0.1, 0.15) is 12.8 Å². The summed E-state index contributed by atoms with van der Waals surface area (Å²) in [5.74, 6) is 0.979. The topological polar surface area (TPSA) is 55.2 Å². The first-order valence-electron chi connectivity index (χ1n) is 3.51. The average molecular weight is 174 g/mol. The van der Waals surface area contributed by atoms with Gasteiger partial charge in [-0.3, -0.25) is 10.1 Å². The van der Waals surface area contributed by atoms with Crippen LogP contribution in [0.5, 0.6) is 0 Å². The van der Waals surface area contributed by atoms with Crippen molar-refractivity contribution in [2.45, 2.75) is 12.8 Å². The predicted molar refractivity (Wildman–Crippen MR) is 44.8 cm³/mol. The Hall–Kier alpha value is -0.710. The molecule has 0 radical (unpaired) electrons. The number of rotatable bonds is 1. The highest BCUT2D eigenvalue weighted by molar-refractivity contribution is 8.03. The molecule has 0 bridgehead atoms. The van der Waals surface area contributed by atoms with E-state index < -0.39 is 4.92 Å². The van der Waals surface area contributed by atoms with Crippen LogP contribution in [0.15, 0.2) is 11.2 Å². The van der Waals surface area contributed by atoms with Crippen molar-refractivity contribution >= 4 is 11.8 Å². The van der Waals surface area contributed by atoms with E-state index in [0.29, 0.717) is 5.03 Å². The predicted octanol–water partition coefficient (Wildman–Crippen LogP) is 1.18. The van der Waals surface area contributed by atoms with Crippen molar-refractivity contribution in [2.24, 2.45) is 0 Å². The summed E-state index contributed by atoms with van der Waals surface area (Å²) in [6.45, 7) is 0.854. The van der Waals surface area contributed by atoms with Crippen LogP contribution in [-0.2, 0) is 0 Å². The van der Waals surface area contributed by atoms with E-state index in [2.05, 4.69) is 5.32 Å². The first-order valence-corrected chi connectivity index (χ1v) is 4.49. The van der Waals surface area contributed by atoms with Crippen molar-refractivity contribution in [3.05, 3.63) is 21.3 Å². The van der Waals surface area contributed by atoms with Crippen molar-refractivity contribution in [1.29, 1.82) is 0 Å². The molecule has 1 rings (SSSR count). The summed E-state index contributed by atoms with van der Waals surface area (Å²) < 4.78 is 0. The molecule has 0 aliphatic carbocycles. The Morgan fingerprint density at radius 2 is 2.45 bits per heavy atom. The monoisotopic (exact) mass is 174 g/mol. The molecule has 5 heteroatoms. The van der Waals surface area contributed by atoms with Gasteiger partial charge in [-0.15, -0.1) is 11.8 Å². The van der Waals surface area contributed by atoms with Crippen molar-refractivity contribution in [2.75, 3.05) is 12.3 Å². The fourth-order valence-electron chi connectivity index (χ4n) is 0.850. The van der Waals surface area contributed by atoms with Crippen LogP contribution in [0.4, 0.5) is 0 Å². The van der Waals surface area contributed by atoms with Gasteiger partial charge in [-0.1, -0.05) is 0 Å². The van der Waals surface area contributed by atoms with E-state index in [4.69, 9.17) is 0 Å². The lowest BCUT2D eigenvalue weighted by molar-refractivity contribution is -0.403. The lowest BCUT2D eigenvalue weighted by Gasteiger charge is -1.99. The molecule has 0 amide bonds. The minimum Gasteiger partial charge on any atom is -0.375 e. The fraction of sp³-hybridized carbons (Fsp3) is 0.667. The number of thioether (sulfide) groups is 1. The second-order valence-corrected chi connectivity index (χ2v) is 3.40. The number of nitrogens with one attached hydrogen (secondary N) is 1. The van der Waals surface area contributed by atoms with Crippen LogP contribution in [-0.4, -0.2) is 17.2 Å². The summed E-state index contributed by atoms with van der Waals surface area (Å²) in [4.78, 5) is 9.64. The van der Waals surface area contributed by atoms with Gasteiger partial charge in [-0.2, -0.15) is 0 Å². The van der Waals surface area contributed by atoms with Crippen molar-refractivity contribution < 1.29 is 4.92 Å². The molecule has 1 aliphatic heterocycles. The van der Waals surface area contributed by atoms with Crippen LogP contribution in [0.25, 0.3) is 0 Å². The molecule has 0 aromatic heterocycles. The largest absolute Gasteiger partial charge is 0.375 e. The molecule has 0 aromatic rings. The Labute approximate surface area is 69.2 Å². The molecule has 62 valence electrons. The van der Waals surface area contributed by atoms with Gasteiger partial charge in [0.2, 0.25) is 0 Å². The van der Waals surface area contributed by atoms with Gasteiger partial charge in [0.1, 0.15) is 5.03 Å². The SMILES string of the molecule is O=[N+]([O-])/C=C1/NCCCCS1. The zero-order chi connectivity index (χ0) is 8.10. The standard InChI is InChI=1S/C6H10N2O2S/c9-8(10)5-6-7-3-1-2-4-11-6/h5,7H,1-4H2/b6-5-. The van der Waals surface area contributed by atoms with E-state index in [-0.39, 0.29) is 0 Å². The summed E-state index contributed by atoms with van der Waals surface area (Å²) in [7, 11) is 0. The van der Waals surface area contributed by atoms with E-state index in [0.717, 1.165) is 31.3 Å². The maximum absolute atomic E-state index is 10.1. The molecule has 1 fully saturated rings. The summed E-state index contributed by atoms with van der Waals surface area (Å²) in [5.41, 5.74) is 0. The lowest BCUT2D eigenvalue weighted by atomic mass is 10.3. The average Bonchev–Trinajstić information content (AvgIpc) is 2.14. The highest BCUT2D eigenvalue weighted by Crippen LogP contribution is 2.17. The Bertz CT molecular complexity index is 171. The van der Waals surface area contributed by atoms with E-state index in [1.165, 1.54) is 11.8 Å². The van der Waals surface area contributed by atoms with E-state index in [1.807, 2.05) is 0 Å². The summed E-state index contributed by atoms with van der Waals surface area (Å²) >= 11 is 1.52. The van der Waals surface area contributed by atoms with Gasteiger partial charge < -0.3 is 5.32 Å². The summed E-state index contributed by atoms with van der Waals surface area (Å²) in [5, 5.41) is 13.7. The van der Waals surface area contributed by atoms with Crippen LogP contribution in [0.3, 0.4) is 0 Å². The van der Waals surface area contributed by atoms with Crippen LogP contribution < -0.4 is 5.32 Å². The molecule has 1 aliphatic rings. The maximum Gasteiger partial charge on any atom is 0.263 e. The Morgan fingerprint density at radius 3 is 3.18 bits per heavy atom. The smallest absolute Gasteiger partial charge is 0.263 e. The highest BCUT2D eigenvalue weighted by atomic mass is 32.2. The number of nitrogens with zero attached hydrogens (tertiary/aromatic N) is 1. The molecule has 1 N–H and O–H groups in total. The molecule has 0 saturated carbocycles. The van der Waals surface area contributed by atoms with Gasteiger partial charge in [-0.25, -0.2) is 0 Å². The van der Waals surface area contributed by atoms with Gasteiger partial charge >= 0.3 is 0 Å². The van der Waals surface area contributed by atoms with E-state index >= 15 is 0 Å². The Morgan fingerprint density at radius 1 is 1.64 bits per heavy atom. The maximum atomic E-state index is 10.1. The van der Waals surface area contributed by atoms with Crippen molar-refractivity contribution in [1.82, 2.24) is 5.32 Å². The zero-order valence-corrected chi connectivity index (χ0v) is 6.89. The molecule has 1 heterocycles. The quantitative estimate of drug-likeness (QED) is 0.479. The fourth-order valence-corrected chi connectivity index (χ4v) is 1.78. The van der Waals surface area contributed by atoms with Crippen molar-refractivity contribution in [3.63, 3.8) is 0 Å². The third-order valence-electron chi connectivity index (χ3n) is 1.35. The first kappa shape index (κ1) is 8.39. The molecule has 0 atom stereocenters. The molecule has 1 saturated heterocycles. The first-order chi connectivity index (χ1) is 5.29. The minimum absolute atomic E-state index is 0.416. The van der Waals surface area contributed by atoms with Crippen molar-refractivity contribution in [3.8, 4) is 0 Å². The third-order valence-corrected chi connectivity index (χ3v) is 2.40. The van der Waals surface area contributed by atoms with Crippen LogP contribution in [0, 0.1) is 10.1 Å². The van der Waals surface area contributed by atoms with Gasteiger partial charge in [0.25, 0.3) is 6.20 Å². The van der Waals surface area contributed by atoms with E-state index in [1.54, 1.807) is 0 Å². The number of hydrogen-bond donors (Lipinski definition) is 1. The summed E-state index contributed by atoms with van der Waals surface area (Å²) in [6.07, 6.45) is 3.27. The Kier molecular flexibility index (Phi) is 3.22. The van der Waals surface area contributed by atoms with Crippen LogP contribution in [0.2, 0.25) is 0 Å². The third kappa shape index (κ3) is 3.27. The second kappa shape index (κ2) is 4.23. The highest BCUT2D eigenvalue weighted by Gasteiger charge is 2.06. The molecule has 0 unspecified atom stereocenters. The number of nitro groups is 1. The molecular formula is C6H10N2O2S. The number of hydrogen-bond acceptors (Lipinski definition) is 4. The van der Waals surface area contributed by atoms with Gasteiger partial charge in [-0.05, 0) is 18.6 Å².